The number of amides is 1. The van der Waals surface area contributed by atoms with Crippen molar-refractivity contribution in [3.05, 3.63) is 12.1 Å². The van der Waals surface area contributed by atoms with Gasteiger partial charge < -0.3 is 25.3 Å². The zero-order chi connectivity index (χ0) is 16.1. The summed E-state index contributed by atoms with van der Waals surface area (Å²) in [5, 5.41) is 2.92. The minimum Gasteiger partial charge on any atom is -0.493 e. The molecular formula is C16H24N2O4. The Balaban J connectivity index is 2.16. The highest BCUT2D eigenvalue weighted by molar-refractivity contribution is 5.93. The molecule has 1 aromatic rings. The van der Waals surface area contributed by atoms with Gasteiger partial charge in [-0.15, -0.1) is 0 Å². The smallest absolute Gasteiger partial charge is 0.227 e. The first-order valence-electron chi connectivity index (χ1n) is 7.45. The van der Waals surface area contributed by atoms with Crippen LogP contribution in [0.25, 0.3) is 0 Å². The summed E-state index contributed by atoms with van der Waals surface area (Å²) in [5.41, 5.74) is 6.57. The van der Waals surface area contributed by atoms with E-state index in [0.717, 1.165) is 25.7 Å². The minimum absolute atomic E-state index is 0.00979. The van der Waals surface area contributed by atoms with E-state index < -0.39 is 0 Å². The van der Waals surface area contributed by atoms with Crippen LogP contribution in [0, 0.1) is 5.92 Å². The van der Waals surface area contributed by atoms with Crippen molar-refractivity contribution in [3.8, 4) is 17.2 Å². The molecule has 1 fully saturated rings. The lowest BCUT2D eigenvalue weighted by atomic mass is 9.85. The van der Waals surface area contributed by atoms with Gasteiger partial charge in [0.15, 0.2) is 11.5 Å². The average molecular weight is 308 g/mol. The van der Waals surface area contributed by atoms with Gasteiger partial charge in [0.1, 0.15) is 0 Å². The number of nitrogens with two attached hydrogens (primary N) is 1. The van der Waals surface area contributed by atoms with Gasteiger partial charge in [0.2, 0.25) is 11.7 Å². The molecule has 0 spiro atoms. The van der Waals surface area contributed by atoms with Crippen LogP contribution in [0.15, 0.2) is 12.1 Å². The molecule has 1 aromatic carbocycles. The molecule has 6 heteroatoms. The Morgan fingerprint density at radius 2 is 1.77 bits per heavy atom. The Morgan fingerprint density at radius 3 is 2.27 bits per heavy atom. The van der Waals surface area contributed by atoms with E-state index >= 15 is 0 Å². The van der Waals surface area contributed by atoms with Crippen LogP contribution in [0.1, 0.15) is 25.7 Å². The first kappa shape index (κ1) is 16.4. The van der Waals surface area contributed by atoms with E-state index in [-0.39, 0.29) is 17.9 Å². The molecule has 0 bridgehead atoms. The topological polar surface area (TPSA) is 82.8 Å². The highest BCUT2D eigenvalue weighted by Gasteiger charge is 2.26. The lowest BCUT2D eigenvalue weighted by Gasteiger charge is -2.25. The summed E-state index contributed by atoms with van der Waals surface area (Å²) < 4.78 is 15.8. The molecule has 1 amide bonds. The molecule has 0 saturated heterocycles. The van der Waals surface area contributed by atoms with Crippen LogP contribution in [0.5, 0.6) is 17.2 Å². The molecule has 22 heavy (non-hydrogen) atoms. The van der Waals surface area contributed by atoms with Crippen molar-refractivity contribution < 1.29 is 19.0 Å². The molecule has 0 aliphatic heterocycles. The van der Waals surface area contributed by atoms with Gasteiger partial charge in [0.25, 0.3) is 0 Å². The predicted octanol–water partition coefficient (Wildman–Crippen LogP) is 2.17. The third-order valence-electron chi connectivity index (χ3n) is 4.02. The number of carbonyl (C=O) groups excluding carboxylic acids is 1. The molecule has 1 saturated carbocycles. The summed E-state index contributed by atoms with van der Waals surface area (Å²) in [5.74, 6) is 1.48. The summed E-state index contributed by atoms with van der Waals surface area (Å²) in [6.45, 7) is 0. The van der Waals surface area contributed by atoms with Crippen molar-refractivity contribution in [2.45, 2.75) is 31.7 Å². The highest BCUT2D eigenvalue weighted by atomic mass is 16.5. The fourth-order valence-corrected chi connectivity index (χ4v) is 2.86. The Hall–Kier alpha value is -1.95. The maximum atomic E-state index is 12.4. The van der Waals surface area contributed by atoms with E-state index in [1.165, 1.54) is 0 Å². The second-order valence-electron chi connectivity index (χ2n) is 5.53. The fraction of sp³-hybridized carbons (Fsp3) is 0.562. The van der Waals surface area contributed by atoms with E-state index in [9.17, 15) is 4.79 Å². The molecule has 0 radical (unpaired) electrons. The van der Waals surface area contributed by atoms with Crippen molar-refractivity contribution >= 4 is 11.6 Å². The first-order chi connectivity index (χ1) is 10.6. The first-order valence-corrected chi connectivity index (χ1v) is 7.45. The maximum Gasteiger partial charge on any atom is 0.227 e. The van der Waals surface area contributed by atoms with E-state index in [1.807, 2.05) is 0 Å². The number of hydrogen-bond acceptors (Lipinski definition) is 5. The standard InChI is InChI=1S/C16H24N2O4/c1-20-13-8-12(9-14(21-2)15(13)22-3)18-16(19)10-5-4-6-11(17)7-10/h8-11H,4-7,17H2,1-3H3,(H,18,19). The van der Waals surface area contributed by atoms with Crippen LogP contribution in [-0.4, -0.2) is 33.3 Å². The van der Waals surface area contributed by atoms with Crippen LogP contribution >= 0.6 is 0 Å². The van der Waals surface area contributed by atoms with Crippen molar-refractivity contribution in [3.63, 3.8) is 0 Å². The lowest BCUT2D eigenvalue weighted by Crippen LogP contribution is -2.34. The lowest BCUT2D eigenvalue weighted by molar-refractivity contribution is -0.120. The second-order valence-corrected chi connectivity index (χ2v) is 5.53. The summed E-state index contributed by atoms with van der Waals surface area (Å²) in [7, 11) is 4.63. The Kier molecular flexibility index (Phi) is 5.49. The Labute approximate surface area is 130 Å². The van der Waals surface area contributed by atoms with Gasteiger partial charge in [-0.1, -0.05) is 6.42 Å². The van der Waals surface area contributed by atoms with E-state index in [4.69, 9.17) is 19.9 Å². The number of methoxy groups -OCH3 is 3. The van der Waals surface area contributed by atoms with Gasteiger partial charge in [0, 0.05) is 29.8 Å². The molecule has 0 aromatic heterocycles. The van der Waals surface area contributed by atoms with Gasteiger partial charge in [-0.2, -0.15) is 0 Å². The predicted molar refractivity (Wildman–Crippen MR) is 84.7 cm³/mol. The van der Waals surface area contributed by atoms with E-state index in [1.54, 1.807) is 33.5 Å². The fourth-order valence-electron chi connectivity index (χ4n) is 2.86. The van der Waals surface area contributed by atoms with E-state index in [2.05, 4.69) is 5.32 Å². The third kappa shape index (κ3) is 3.62. The molecule has 2 atom stereocenters. The van der Waals surface area contributed by atoms with Crippen molar-refractivity contribution in [2.24, 2.45) is 11.7 Å². The van der Waals surface area contributed by atoms with E-state index in [0.29, 0.717) is 22.9 Å². The Bertz CT molecular complexity index is 508. The number of benzene rings is 1. The maximum absolute atomic E-state index is 12.4. The molecule has 0 heterocycles. The van der Waals surface area contributed by atoms with Gasteiger partial charge in [-0.25, -0.2) is 0 Å². The summed E-state index contributed by atoms with van der Waals surface area (Å²) in [6.07, 6.45) is 3.60. The van der Waals surface area contributed by atoms with Gasteiger partial charge in [-0.3, -0.25) is 4.79 Å². The molecule has 3 N–H and O–H groups in total. The normalized spacial score (nSPS) is 21.1. The zero-order valence-corrected chi connectivity index (χ0v) is 13.3. The van der Waals surface area contributed by atoms with Crippen LogP contribution in [0.4, 0.5) is 5.69 Å². The zero-order valence-electron chi connectivity index (χ0n) is 13.3. The number of anilines is 1. The second kappa shape index (κ2) is 7.35. The largest absolute Gasteiger partial charge is 0.493 e. The molecule has 2 rings (SSSR count). The van der Waals surface area contributed by atoms with Crippen LogP contribution in [0.3, 0.4) is 0 Å². The number of hydrogen-bond donors (Lipinski definition) is 2. The van der Waals surface area contributed by atoms with Crippen LogP contribution in [0.2, 0.25) is 0 Å². The minimum atomic E-state index is -0.0390. The molecular weight excluding hydrogens is 284 g/mol. The molecule has 2 unspecified atom stereocenters. The van der Waals surface area contributed by atoms with Crippen LogP contribution in [-0.2, 0) is 4.79 Å². The molecule has 6 nitrogen and oxygen atoms in total. The third-order valence-corrected chi connectivity index (χ3v) is 4.02. The molecule has 1 aliphatic carbocycles. The van der Waals surface area contributed by atoms with Gasteiger partial charge >= 0.3 is 0 Å². The van der Waals surface area contributed by atoms with Crippen molar-refractivity contribution in [1.29, 1.82) is 0 Å². The highest BCUT2D eigenvalue weighted by Crippen LogP contribution is 2.40. The average Bonchev–Trinajstić information content (AvgIpc) is 2.53. The molecule has 122 valence electrons. The van der Waals surface area contributed by atoms with Crippen molar-refractivity contribution in [2.75, 3.05) is 26.6 Å². The SMILES string of the molecule is COc1cc(NC(=O)C2CCCC(N)C2)cc(OC)c1OC. The number of carbonyl (C=O) groups is 1. The number of ether oxygens (including phenoxy) is 3. The number of nitrogens with one attached hydrogen (secondary N) is 1. The quantitative estimate of drug-likeness (QED) is 0.871. The Morgan fingerprint density at radius 1 is 1.14 bits per heavy atom. The summed E-state index contributed by atoms with van der Waals surface area (Å²) >= 11 is 0. The van der Waals surface area contributed by atoms with Crippen molar-refractivity contribution in [1.82, 2.24) is 0 Å². The van der Waals surface area contributed by atoms with Gasteiger partial charge in [-0.05, 0) is 19.3 Å². The molecule has 1 aliphatic rings. The summed E-state index contributed by atoms with van der Waals surface area (Å²) in [6, 6.07) is 3.56. The number of rotatable bonds is 5. The van der Waals surface area contributed by atoms with Crippen LogP contribution < -0.4 is 25.3 Å². The monoisotopic (exact) mass is 308 g/mol. The summed E-state index contributed by atoms with van der Waals surface area (Å²) in [4.78, 5) is 12.4. The van der Waals surface area contributed by atoms with Gasteiger partial charge in [0.05, 0.1) is 21.3 Å².